The summed E-state index contributed by atoms with van der Waals surface area (Å²) in [6.07, 6.45) is -1.23. The van der Waals surface area contributed by atoms with E-state index in [1.165, 1.54) is 0 Å². The fourth-order valence-corrected chi connectivity index (χ4v) is 4.96. The van der Waals surface area contributed by atoms with Crippen LogP contribution in [0.1, 0.15) is 20.9 Å². The highest BCUT2D eigenvalue weighted by molar-refractivity contribution is 7.15. The molecule has 5 rings (SSSR count). The maximum atomic E-state index is 13.0. The molecule has 1 aromatic heterocycles. The van der Waals surface area contributed by atoms with Crippen LogP contribution in [0.2, 0.25) is 0 Å². The van der Waals surface area contributed by atoms with E-state index in [1.807, 2.05) is 53.4 Å². The lowest BCUT2D eigenvalue weighted by atomic mass is 10.0. The number of thiophene rings is 1. The van der Waals surface area contributed by atoms with E-state index in [9.17, 15) is 10.1 Å². The lowest BCUT2D eigenvalue weighted by Crippen LogP contribution is -2.37. The van der Waals surface area contributed by atoms with Crippen molar-refractivity contribution in [1.29, 1.82) is 10.7 Å². The number of amidine groups is 1. The quantitative estimate of drug-likeness (QED) is 0.361. The molecule has 2 aromatic carbocycles. The predicted octanol–water partition coefficient (Wildman–Crippen LogP) is 2.93. The maximum Gasteiger partial charge on any atom is 0.291 e. The topological polar surface area (TPSA) is 149 Å². The molecule has 4 N–H and O–H groups in total. The van der Waals surface area contributed by atoms with Gasteiger partial charge in [-0.2, -0.15) is 10.3 Å². The van der Waals surface area contributed by atoms with Gasteiger partial charge in [0.2, 0.25) is 12.1 Å². The molecule has 0 radical (unpaired) electrons. The average Bonchev–Trinajstić information content (AvgIpc) is 3.32. The zero-order chi connectivity index (χ0) is 25.8. The Balaban J connectivity index is 1.44. The van der Waals surface area contributed by atoms with Crippen molar-refractivity contribution in [2.75, 3.05) is 36.5 Å². The van der Waals surface area contributed by atoms with Crippen LogP contribution >= 0.6 is 11.3 Å². The highest BCUT2D eigenvalue weighted by Crippen LogP contribution is 2.31. The van der Waals surface area contributed by atoms with E-state index in [4.69, 9.17) is 20.6 Å². The number of rotatable bonds is 4. The maximum absolute atomic E-state index is 13.0. The van der Waals surface area contributed by atoms with Crippen molar-refractivity contribution in [2.45, 2.75) is 6.17 Å². The van der Waals surface area contributed by atoms with Gasteiger partial charge in [0.25, 0.3) is 11.9 Å². The summed E-state index contributed by atoms with van der Waals surface area (Å²) < 4.78 is 11.0. The van der Waals surface area contributed by atoms with Crippen molar-refractivity contribution in [2.24, 2.45) is 15.7 Å². The van der Waals surface area contributed by atoms with Gasteiger partial charge in [-0.1, -0.05) is 48.5 Å². The number of nitrogens with two attached hydrogens (primary N) is 1. The Kier molecular flexibility index (Phi) is 6.93. The Morgan fingerprint density at radius 2 is 1.95 bits per heavy atom. The monoisotopic (exact) mass is 513 g/mol. The zero-order valence-corrected chi connectivity index (χ0v) is 20.5. The Morgan fingerprint density at radius 1 is 1.22 bits per heavy atom. The van der Waals surface area contributed by atoms with Gasteiger partial charge in [-0.15, -0.1) is 11.3 Å². The molecule has 1 amide bonds. The highest BCUT2D eigenvalue weighted by Gasteiger charge is 2.27. The standard InChI is InChI=1S/C26H23N7O3S/c27-15-17-14-20(33-10-12-35-13-11-33)22(37-17)23(28)36-26(29)32-24-25(34)30-19-9-5-4-8-18(19)21(31-24)16-6-2-1-3-7-16/h1-9,14,24,28H,10-13H2,(H2,29,32)(H,30,34). The van der Waals surface area contributed by atoms with Crippen molar-refractivity contribution in [3.8, 4) is 6.07 Å². The number of nitriles is 1. The first-order valence-electron chi connectivity index (χ1n) is 11.5. The van der Waals surface area contributed by atoms with Crippen molar-refractivity contribution >= 4 is 46.2 Å². The number of amides is 1. The normalized spacial score (nSPS) is 17.6. The molecule has 0 saturated carbocycles. The number of nitrogens with zero attached hydrogens (tertiary/aromatic N) is 4. The third kappa shape index (κ3) is 5.20. The molecule has 1 atom stereocenters. The molecule has 0 spiro atoms. The van der Waals surface area contributed by atoms with Gasteiger partial charge in [-0.05, 0) is 12.1 Å². The van der Waals surface area contributed by atoms with Crippen molar-refractivity contribution in [3.63, 3.8) is 0 Å². The molecule has 1 unspecified atom stereocenters. The van der Waals surface area contributed by atoms with Crippen molar-refractivity contribution in [3.05, 3.63) is 81.5 Å². The van der Waals surface area contributed by atoms with Crippen LogP contribution in [-0.4, -0.2) is 56.0 Å². The molecule has 3 aromatic rings. The van der Waals surface area contributed by atoms with Gasteiger partial charge in [0.1, 0.15) is 15.8 Å². The summed E-state index contributed by atoms with van der Waals surface area (Å²) in [5.74, 6) is -0.743. The average molecular weight is 514 g/mol. The summed E-state index contributed by atoms with van der Waals surface area (Å²) in [6.45, 7) is 2.36. The second-order valence-electron chi connectivity index (χ2n) is 8.19. The largest absolute Gasteiger partial charge is 0.406 e. The van der Waals surface area contributed by atoms with Gasteiger partial charge in [-0.25, -0.2) is 4.99 Å². The summed E-state index contributed by atoms with van der Waals surface area (Å²) in [5, 5.41) is 20.8. The van der Waals surface area contributed by atoms with Crippen molar-refractivity contribution in [1.82, 2.24) is 0 Å². The molecular formula is C26H23N7O3S. The first-order chi connectivity index (χ1) is 18.0. The zero-order valence-electron chi connectivity index (χ0n) is 19.7. The summed E-state index contributed by atoms with van der Waals surface area (Å²) in [5.41, 5.74) is 9.52. The first-order valence-corrected chi connectivity index (χ1v) is 12.4. The lowest BCUT2D eigenvalue weighted by molar-refractivity contribution is -0.117. The van der Waals surface area contributed by atoms with Gasteiger partial charge >= 0.3 is 0 Å². The number of benzene rings is 2. The fraction of sp³-hybridized carbons (Fsp3) is 0.192. The third-order valence-electron chi connectivity index (χ3n) is 5.81. The third-order valence-corrected chi connectivity index (χ3v) is 6.84. The molecule has 37 heavy (non-hydrogen) atoms. The van der Waals surface area contributed by atoms with Crippen LogP contribution in [0, 0.1) is 16.7 Å². The second kappa shape index (κ2) is 10.6. The van der Waals surface area contributed by atoms with E-state index in [2.05, 4.69) is 21.4 Å². The number of fused-ring (bicyclic) bond motifs is 1. The molecule has 0 bridgehead atoms. The lowest BCUT2D eigenvalue weighted by Gasteiger charge is -2.28. The minimum atomic E-state index is -1.23. The Morgan fingerprint density at radius 3 is 2.70 bits per heavy atom. The number of carbonyl (C=O) groups is 1. The first kappa shape index (κ1) is 24.2. The van der Waals surface area contributed by atoms with Crippen molar-refractivity contribution < 1.29 is 14.3 Å². The number of benzodiazepines with no additional fused rings is 1. The van der Waals surface area contributed by atoms with E-state index in [0.717, 1.165) is 22.5 Å². The Bertz CT molecular complexity index is 1440. The molecule has 10 nitrogen and oxygen atoms in total. The Labute approximate surface area is 217 Å². The molecule has 2 aliphatic heterocycles. The Hall–Kier alpha value is -4.53. The van der Waals surface area contributed by atoms with E-state index in [-0.39, 0.29) is 11.9 Å². The van der Waals surface area contributed by atoms with Crippen LogP contribution in [0.25, 0.3) is 0 Å². The number of hydrogen-bond acceptors (Lipinski definition) is 9. The van der Waals surface area contributed by atoms with Gasteiger partial charge in [0.05, 0.1) is 30.3 Å². The van der Waals surface area contributed by atoms with Crippen LogP contribution in [0.4, 0.5) is 11.4 Å². The number of para-hydroxylation sites is 1. The van der Waals surface area contributed by atoms with Gasteiger partial charge in [0, 0.05) is 24.2 Å². The van der Waals surface area contributed by atoms with Crippen LogP contribution in [0.3, 0.4) is 0 Å². The van der Waals surface area contributed by atoms with Crippen LogP contribution in [-0.2, 0) is 14.3 Å². The van der Waals surface area contributed by atoms with E-state index in [0.29, 0.717) is 53.1 Å². The van der Waals surface area contributed by atoms with E-state index < -0.39 is 12.1 Å². The highest BCUT2D eigenvalue weighted by atomic mass is 32.1. The predicted molar refractivity (Wildman–Crippen MR) is 143 cm³/mol. The molecule has 0 aliphatic carbocycles. The molecular weight excluding hydrogens is 490 g/mol. The van der Waals surface area contributed by atoms with Crippen LogP contribution in [0.5, 0.6) is 0 Å². The smallest absolute Gasteiger partial charge is 0.291 e. The summed E-state index contributed by atoms with van der Waals surface area (Å²) in [4.78, 5) is 24.8. The van der Waals surface area contributed by atoms with Gasteiger partial charge in [0.15, 0.2) is 0 Å². The summed E-state index contributed by atoms with van der Waals surface area (Å²) in [7, 11) is 0. The number of carbonyl (C=O) groups excluding carboxylic acids is 1. The van der Waals surface area contributed by atoms with Gasteiger partial charge < -0.3 is 25.4 Å². The van der Waals surface area contributed by atoms with Crippen LogP contribution in [0.15, 0.2) is 70.6 Å². The number of aliphatic imine (C=N–C) groups is 2. The number of morpholine rings is 1. The number of hydrogen-bond donors (Lipinski definition) is 3. The minimum Gasteiger partial charge on any atom is -0.406 e. The molecule has 3 heterocycles. The second-order valence-corrected chi connectivity index (χ2v) is 9.24. The minimum absolute atomic E-state index is 0.265. The number of anilines is 2. The molecule has 1 fully saturated rings. The molecule has 186 valence electrons. The molecule has 11 heteroatoms. The number of nitrogens with one attached hydrogen (secondary N) is 2. The molecule has 1 saturated heterocycles. The summed E-state index contributed by atoms with van der Waals surface area (Å²) in [6, 6.07) is 20.3. The molecule has 2 aliphatic rings. The SMILES string of the molecule is N#Cc1cc(N2CCOCC2)c(C(=N)O/C(N)=N/C2N=C(c3ccccc3)c3ccccc3NC2=O)s1. The number of ether oxygens (including phenoxy) is 2. The van der Waals surface area contributed by atoms with Gasteiger partial charge in [-0.3, -0.25) is 10.2 Å². The van der Waals surface area contributed by atoms with E-state index in [1.54, 1.807) is 12.1 Å². The van der Waals surface area contributed by atoms with Crippen LogP contribution < -0.4 is 16.0 Å². The fourth-order valence-electron chi connectivity index (χ4n) is 4.10. The summed E-state index contributed by atoms with van der Waals surface area (Å²) >= 11 is 1.13. The van der Waals surface area contributed by atoms with E-state index >= 15 is 0 Å².